The van der Waals surface area contributed by atoms with Crippen LogP contribution in [0.15, 0.2) is 53.9 Å². The fourth-order valence-corrected chi connectivity index (χ4v) is 3.85. The molecule has 0 aliphatic heterocycles. The molecule has 1 heterocycles. The van der Waals surface area contributed by atoms with Crippen LogP contribution in [0, 0.1) is 5.82 Å². The molecular weight excluding hydrogens is 467 g/mol. The number of nitrogens with one attached hydrogen (secondary N) is 2. The monoisotopic (exact) mass is 488 g/mol. The lowest BCUT2D eigenvalue weighted by Crippen LogP contribution is -2.38. The summed E-state index contributed by atoms with van der Waals surface area (Å²) in [7, 11) is 0. The Morgan fingerprint density at radius 3 is 2.48 bits per heavy atom. The van der Waals surface area contributed by atoms with Gasteiger partial charge in [-0.15, -0.1) is 11.3 Å². The van der Waals surface area contributed by atoms with Gasteiger partial charge in [0.25, 0.3) is 5.91 Å². The fourth-order valence-electron chi connectivity index (χ4n) is 3.00. The number of aromatic nitrogens is 1. The number of anilines is 2. The van der Waals surface area contributed by atoms with Crippen molar-refractivity contribution in [2.75, 3.05) is 23.7 Å². The zero-order chi connectivity index (χ0) is 23.8. The van der Waals surface area contributed by atoms with Gasteiger partial charge >= 0.3 is 0 Å². The third-order valence-electron chi connectivity index (χ3n) is 4.49. The van der Waals surface area contributed by atoms with Crippen molar-refractivity contribution < 1.29 is 18.8 Å². The molecule has 10 heteroatoms. The van der Waals surface area contributed by atoms with E-state index in [9.17, 15) is 18.8 Å². The largest absolute Gasteiger partial charge is 0.329 e. The maximum Gasteiger partial charge on any atom is 0.254 e. The van der Waals surface area contributed by atoms with E-state index in [2.05, 4.69) is 15.6 Å². The van der Waals surface area contributed by atoms with Crippen molar-refractivity contribution in [3.63, 3.8) is 0 Å². The predicted molar refractivity (Wildman–Crippen MR) is 127 cm³/mol. The Bertz CT molecular complexity index is 1140. The molecule has 0 radical (unpaired) electrons. The Balaban J connectivity index is 1.56. The lowest BCUT2D eigenvalue weighted by Gasteiger charge is -2.21. The number of nitrogens with zero attached hydrogens (tertiary/aromatic N) is 2. The number of halogens is 2. The maximum absolute atomic E-state index is 13.7. The van der Waals surface area contributed by atoms with E-state index in [1.165, 1.54) is 23.1 Å². The zero-order valence-electron chi connectivity index (χ0n) is 17.8. The number of rotatable bonds is 9. The van der Waals surface area contributed by atoms with Crippen LogP contribution in [-0.4, -0.2) is 40.7 Å². The molecule has 3 amide bonds. The molecule has 0 aliphatic carbocycles. The Morgan fingerprint density at radius 2 is 1.79 bits per heavy atom. The van der Waals surface area contributed by atoms with Gasteiger partial charge in [0.1, 0.15) is 12.4 Å². The van der Waals surface area contributed by atoms with Crippen molar-refractivity contribution in [3.05, 3.63) is 76.0 Å². The van der Waals surface area contributed by atoms with Crippen molar-refractivity contribution in [1.29, 1.82) is 0 Å². The van der Waals surface area contributed by atoms with Gasteiger partial charge in [-0.1, -0.05) is 30.7 Å². The van der Waals surface area contributed by atoms with Crippen LogP contribution in [0.3, 0.4) is 0 Å². The SMILES string of the molecule is CCCN(CC(=O)Nc1nc(CC(=O)Nc2ccccc2F)cs1)C(=O)c1ccc(Cl)cc1. The quantitative estimate of drug-likeness (QED) is 0.460. The summed E-state index contributed by atoms with van der Waals surface area (Å²) in [5.74, 6) is -1.62. The molecular formula is C23H22ClFN4O3S. The average molecular weight is 489 g/mol. The number of thiazole rings is 1. The number of amides is 3. The molecule has 3 rings (SSSR count). The molecule has 7 nitrogen and oxygen atoms in total. The first kappa shape index (κ1) is 24.3. The smallest absolute Gasteiger partial charge is 0.254 e. The standard InChI is InChI=1S/C23H22ClFN4O3S/c1-2-11-29(22(32)15-7-9-16(24)10-8-15)13-21(31)28-23-26-17(14-33-23)12-20(30)27-19-6-4-3-5-18(19)25/h3-10,14H,2,11-13H2,1H3,(H,27,30)(H,26,28,31). The molecule has 0 saturated heterocycles. The predicted octanol–water partition coefficient (Wildman–Crippen LogP) is 4.61. The van der Waals surface area contributed by atoms with Crippen molar-refractivity contribution in [3.8, 4) is 0 Å². The highest BCUT2D eigenvalue weighted by atomic mass is 35.5. The van der Waals surface area contributed by atoms with E-state index in [1.807, 2.05) is 6.92 Å². The van der Waals surface area contributed by atoms with Gasteiger partial charge in [0.2, 0.25) is 11.8 Å². The Hall–Kier alpha value is -3.30. The van der Waals surface area contributed by atoms with Crippen LogP contribution in [0.2, 0.25) is 5.02 Å². The first-order chi connectivity index (χ1) is 15.9. The van der Waals surface area contributed by atoms with Crippen molar-refractivity contribution in [2.24, 2.45) is 0 Å². The molecule has 1 aromatic heterocycles. The second kappa shape index (κ2) is 11.5. The van der Waals surface area contributed by atoms with Gasteiger partial charge in [-0.25, -0.2) is 9.37 Å². The minimum Gasteiger partial charge on any atom is -0.329 e. The third-order valence-corrected chi connectivity index (χ3v) is 5.55. The number of hydrogen-bond donors (Lipinski definition) is 2. The fraction of sp³-hybridized carbons (Fsp3) is 0.217. The average Bonchev–Trinajstić information content (AvgIpc) is 3.21. The minimum atomic E-state index is -0.526. The Kier molecular flexibility index (Phi) is 8.51. The van der Waals surface area contributed by atoms with E-state index in [0.717, 1.165) is 11.3 Å². The van der Waals surface area contributed by atoms with Crippen molar-refractivity contribution >= 4 is 51.5 Å². The van der Waals surface area contributed by atoms with Crippen molar-refractivity contribution in [2.45, 2.75) is 19.8 Å². The maximum atomic E-state index is 13.7. The molecule has 33 heavy (non-hydrogen) atoms. The van der Waals surface area contributed by atoms with Gasteiger partial charge in [-0.2, -0.15) is 0 Å². The summed E-state index contributed by atoms with van der Waals surface area (Å²) in [6.45, 7) is 2.19. The van der Waals surface area contributed by atoms with Gasteiger partial charge in [0.05, 0.1) is 17.8 Å². The van der Waals surface area contributed by atoms with Crippen LogP contribution < -0.4 is 10.6 Å². The summed E-state index contributed by atoms with van der Waals surface area (Å²) in [5.41, 5.74) is 0.970. The summed E-state index contributed by atoms with van der Waals surface area (Å²) in [6.07, 6.45) is 0.614. The molecule has 0 aliphatic rings. The van der Waals surface area contributed by atoms with Crippen molar-refractivity contribution in [1.82, 2.24) is 9.88 Å². The van der Waals surface area contributed by atoms with Gasteiger partial charge in [0, 0.05) is 22.5 Å². The molecule has 3 aromatic rings. The van der Waals surface area contributed by atoms with Crippen LogP contribution in [-0.2, 0) is 16.0 Å². The minimum absolute atomic E-state index is 0.0717. The summed E-state index contributed by atoms with van der Waals surface area (Å²) in [6, 6.07) is 12.4. The highest BCUT2D eigenvalue weighted by Crippen LogP contribution is 2.18. The van der Waals surface area contributed by atoms with E-state index in [-0.39, 0.29) is 24.6 Å². The van der Waals surface area contributed by atoms with Crippen LogP contribution in [0.1, 0.15) is 29.4 Å². The van der Waals surface area contributed by atoms with E-state index in [0.29, 0.717) is 34.4 Å². The zero-order valence-corrected chi connectivity index (χ0v) is 19.4. The second-order valence-electron chi connectivity index (χ2n) is 7.13. The molecule has 2 N–H and O–H groups in total. The molecule has 0 unspecified atom stereocenters. The highest BCUT2D eigenvalue weighted by molar-refractivity contribution is 7.13. The summed E-state index contributed by atoms with van der Waals surface area (Å²) in [4.78, 5) is 43.1. The molecule has 0 bridgehead atoms. The number of para-hydroxylation sites is 1. The lowest BCUT2D eigenvalue weighted by atomic mass is 10.2. The number of carbonyl (C=O) groups is 3. The number of hydrogen-bond acceptors (Lipinski definition) is 5. The van der Waals surface area contributed by atoms with Gasteiger partial charge in [-0.3, -0.25) is 14.4 Å². The molecule has 0 atom stereocenters. The summed E-state index contributed by atoms with van der Waals surface area (Å²) >= 11 is 7.04. The van der Waals surface area contributed by atoms with Crippen LogP contribution in [0.4, 0.5) is 15.2 Å². The van der Waals surface area contributed by atoms with E-state index >= 15 is 0 Å². The molecule has 172 valence electrons. The van der Waals surface area contributed by atoms with Crippen LogP contribution >= 0.6 is 22.9 Å². The van der Waals surface area contributed by atoms with Crippen LogP contribution in [0.25, 0.3) is 0 Å². The molecule has 2 aromatic carbocycles. The van der Waals surface area contributed by atoms with Gasteiger partial charge in [-0.05, 0) is 42.8 Å². The first-order valence-electron chi connectivity index (χ1n) is 10.2. The Morgan fingerprint density at radius 1 is 1.06 bits per heavy atom. The van der Waals surface area contributed by atoms with E-state index < -0.39 is 17.6 Å². The summed E-state index contributed by atoms with van der Waals surface area (Å²) in [5, 5.41) is 7.62. The van der Waals surface area contributed by atoms with Crippen LogP contribution in [0.5, 0.6) is 0 Å². The number of benzene rings is 2. The van der Waals surface area contributed by atoms with Gasteiger partial charge < -0.3 is 15.5 Å². The molecule has 0 fully saturated rings. The van der Waals surface area contributed by atoms with E-state index in [1.54, 1.807) is 35.7 Å². The van der Waals surface area contributed by atoms with E-state index in [4.69, 9.17) is 11.6 Å². The van der Waals surface area contributed by atoms with Gasteiger partial charge in [0.15, 0.2) is 5.13 Å². The normalized spacial score (nSPS) is 10.5. The third kappa shape index (κ3) is 7.10. The number of carbonyl (C=O) groups excluding carboxylic acids is 3. The Labute approximate surface area is 199 Å². The lowest BCUT2D eigenvalue weighted by molar-refractivity contribution is -0.117. The molecule has 0 saturated carbocycles. The highest BCUT2D eigenvalue weighted by Gasteiger charge is 2.19. The topological polar surface area (TPSA) is 91.4 Å². The first-order valence-corrected chi connectivity index (χ1v) is 11.4. The second-order valence-corrected chi connectivity index (χ2v) is 8.43. The summed E-state index contributed by atoms with van der Waals surface area (Å²) < 4.78 is 13.7. The molecule has 0 spiro atoms.